The second-order valence-corrected chi connectivity index (χ2v) is 6.87. The molecule has 6 nitrogen and oxygen atoms in total. The molecule has 2 heterocycles. The third-order valence-corrected chi connectivity index (χ3v) is 5.12. The van der Waals surface area contributed by atoms with E-state index in [0.717, 1.165) is 47.8 Å². The molecule has 0 aliphatic carbocycles. The number of halogens is 1. The number of benzene rings is 1. The molecular formula is C20H25ClN6. The predicted molar refractivity (Wildman–Crippen MR) is 114 cm³/mol. The topological polar surface area (TPSA) is 82.4 Å². The summed E-state index contributed by atoms with van der Waals surface area (Å²) in [6.07, 6.45) is 5.05. The van der Waals surface area contributed by atoms with Crippen molar-refractivity contribution < 1.29 is 0 Å². The van der Waals surface area contributed by atoms with E-state index in [2.05, 4.69) is 22.1 Å². The van der Waals surface area contributed by atoms with Crippen LogP contribution in [0.5, 0.6) is 0 Å². The number of likely N-dealkylation sites (N-methyl/N-ethyl adjacent to an activating group) is 2. The van der Waals surface area contributed by atoms with E-state index in [1.54, 1.807) is 0 Å². The second kappa shape index (κ2) is 7.98. The number of fused-ring (bicyclic) bond motifs is 1. The first-order valence-corrected chi connectivity index (χ1v) is 9.35. The summed E-state index contributed by atoms with van der Waals surface area (Å²) in [5.74, 6) is 1.01. The number of aryl methyl sites for hydroxylation is 1. The predicted octanol–water partition coefficient (Wildman–Crippen LogP) is 3.59. The molecule has 0 saturated heterocycles. The molecule has 0 radical (unpaired) electrons. The monoisotopic (exact) mass is 384 g/mol. The van der Waals surface area contributed by atoms with Gasteiger partial charge < -0.3 is 21.4 Å². The van der Waals surface area contributed by atoms with E-state index in [1.165, 1.54) is 6.21 Å². The summed E-state index contributed by atoms with van der Waals surface area (Å²) >= 11 is 6.68. The summed E-state index contributed by atoms with van der Waals surface area (Å²) in [6, 6.07) is 5.73. The molecular weight excluding hydrogens is 360 g/mol. The van der Waals surface area contributed by atoms with Gasteiger partial charge in [0.25, 0.3) is 0 Å². The Morgan fingerprint density at radius 2 is 2.19 bits per heavy atom. The van der Waals surface area contributed by atoms with Crippen molar-refractivity contribution in [3.8, 4) is 11.1 Å². The number of imidazole rings is 1. The highest BCUT2D eigenvalue weighted by atomic mass is 35.5. The number of hydrogen-bond acceptors (Lipinski definition) is 5. The summed E-state index contributed by atoms with van der Waals surface area (Å²) in [5, 5.41) is 11.6. The molecule has 0 amide bonds. The Labute approximate surface area is 164 Å². The van der Waals surface area contributed by atoms with Crippen molar-refractivity contribution in [3.05, 3.63) is 46.7 Å². The van der Waals surface area contributed by atoms with Crippen molar-refractivity contribution in [1.82, 2.24) is 14.7 Å². The molecule has 27 heavy (non-hydrogen) atoms. The standard InChI is InChI=1S/C20H25ClN6/c1-4-26(8-7-24-3)19-11-25-18-9-14(16(21)12-27(18)19)20-13(2)5-6-17(23)15(20)10-22/h5-6,9-12,22,24H,4,7-8,23H2,1-3H3. The van der Waals surface area contributed by atoms with E-state index < -0.39 is 0 Å². The molecule has 7 heteroatoms. The number of anilines is 2. The summed E-state index contributed by atoms with van der Waals surface area (Å²) in [4.78, 5) is 6.84. The fraction of sp³-hybridized carbons (Fsp3) is 0.300. The molecule has 3 rings (SSSR count). The average molecular weight is 385 g/mol. The van der Waals surface area contributed by atoms with Crippen molar-refractivity contribution in [1.29, 1.82) is 5.41 Å². The van der Waals surface area contributed by atoms with Crippen LogP contribution in [0.4, 0.5) is 11.5 Å². The Hall–Kier alpha value is -2.57. The highest BCUT2D eigenvalue weighted by molar-refractivity contribution is 6.33. The van der Waals surface area contributed by atoms with Crippen LogP contribution in [0.15, 0.2) is 30.6 Å². The largest absolute Gasteiger partial charge is 0.398 e. The maximum atomic E-state index is 7.77. The van der Waals surface area contributed by atoms with Gasteiger partial charge in [-0.1, -0.05) is 17.7 Å². The highest BCUT2D eigenvalue weighted by Gasteiger charge is 2.17. The fourth-order valence-corrected chi connectivity index (χ4v) is 3.60. The van der Waals surface area contributed by atoms with Crippen LogP contribution in [-0.2, 0) is 0 Å². The molecule has 1 aromatic carbocycles. The maximum absolute atomic E-state index is 7.77. The van der Waals surface area contributed by atoms with Gasteiger partial charge in [-0.2, -0.15) is 0 Å². The van der Waals surface area contributed by atoms with Crippen LogP contribution in [0.3, 0.4) is 0 Å². The van der Waals surface area contributed by atoms with Gasteiger partial charge in [0, 0.05) is 48.9 Å². The first kappa shape index (κ1) is 19.2. The Balaban J connectivity index is 2.16. The first-order chi connectivity index (χ1) is 13.0. The number of hydrogen-bond donors (Lipinski definition) is 3. The van der Waals surface area contributed by atoms with Crippen LogP contribution in [0, 0.1) is 12.3 Å². The zero-order valence-corrected chi connectivity index (χ0v) is 16.6. The van der Waals surface area contributed by atoms with Gasteiger partial charge in [-0.25, -0.2) is 4.98 Å². The molecule has 4 N–H and O–H groups in total. The molecule has 0 aliphatic rings. The Morgan fingerprint density at radius 3 is 2.85 bits per heavy atom. The third-order valence-electron chi connectivity index (χ3n) is 4.82. The zero-order chi connectivity index (χ0) is 19.6. The van der Waals surface area contributed by atoms with Crippen LogP contribution in [-0.4, -0.2) is 42.3 Å². The lowest BCUT2D eigenvalue weighted by atomic mass is 9.94. The average Bonchev–Trinajstić information content (AvgIpc) is 3.06. The van der Waals surface area contributed by atoms with Gasteiger partial charge in [0.05, 0.1) is 11.2 Å². The van der Waals surface area contributed by atoms with Crippen LogP contribution in [0.25, 0.3) is 16.8 Å². The molecule has 0 spiro atoms. The van der Waals surface area contributed by atoms with Crippen LogP contribution >= 0.6 is 11.6 Å². The van der Waals surface area contributed by atoms with Crippen LogP contribution in [0.1, 0.15) is 18.1 Å². The van der Waals surface area contributed by atoms with E-state index in [1.807, 2.05) is 49.0 Å². The normalized spacial score (nSPS) is 11.1. The van der Waals surface area contributed by atoms with Crippen LogP contribution in [0.2, 0.25) is 5.02 Å². The van der Waals surface area contributed by atoms with E-state index in [4.69, 9.17) is 22.7 Å². The van der Waals surface area contributed by atoms with Crippen molar-refractivity contribution in [3.63, 3.8) is 0 Å². The van der Waals surface area contributed by atoms with E-state index in [0.29, 0.717) is 16.3 Å². The lowest BCUT2D eigenvalue weighted by molar-refractivity contribution is 0.727. The molecule has 0 saturated carbocycles. The number of nitrogens with zero attached hydrogens (tertiary/aromatic N) is 3. The van der Waals surface area contributed by atoms with Gasteiger partial charge in [0.15, 0.2) is 0 Å². The maximum Gasteiger partial charge on any atom is 0.139 e. The minimum atomic E-state index is 0.565. The second-order valence-electron chi connectivity index (χ2n) is 6.47. The summed E-state index contributed by atoms with van der Waals surface area (Å²) in [6.45, 7) is 6.76. The van der Waals surface area contributed by atoms with Crippen LogP contribution < -0.4 is 16.0 Å². The number of aromatic nitrogens is 2. The summed E-state index contributed by atoms with van der Waals surface area (Å²) in [5.41, 5.74) is 10.9. The first-order valence-electron chi connectivity index (χ1n) is 8.97. The SMILES string of the molecule is CCN(CCNC)c1cnc2cc(-c3c(C)ccc(N)c3C=N)c(Cl)cn12. The Morgan fingerprint density at radius 1 is 1.41 bits per heavy atom. The number of nitrogen functional groups attached to an aromatic ring is 1. The van der Waals surface area contributed by atoms with Gasteiger partial charge in [-0.3, -0.25) is 4.40 Å². The third kappa shape index (κ3) is 3.50. The molecule has 142 valence electrons. The number of rotatable bonds is 7. The van der Waals surface area contributed by atoms with Crippen molar-refractivity contribution in [2.24, 2.45) is 0 Å². The van der Waals surface area contributed by atoms with Crippen molar-refractivity contribution in [2.75, 3.05) is 37.3 Å². The zero-order valence-electron chi connectivity index (χ0n) is 15.9. The molecule has 0 aliphatic heterocycles. The molecule has 0 unspecified atom stereocenters. The number of nitrogens with one attached hydrogen (secondary N) is 2. The van der Waals surface area contributed by atoms with Crippen molar-refractivity contribution in [2.45, 2.75) is 13.8 Å². The molecule has 0 bridgehead atoms. The highest BCUT2D eigenvalue weighted by Crippen LogP contribution is 2.36. The van der Waals surface area contributed by atoms with E-state index in [9.17, 15) is 0 Å². The minimum Gasteiger partial charge on any atom is -0.398 e. The molecule has 2 aromatic heterocycles. The van der Waals surface area contributed by atoms with Gasteiger partial charge >= 0.3 is 0 Å². The fourth-order valence-electron chi connectivity index (χ4n) is 3.35. The quantitative estimate of drug-likeness (QED) is 0.429. The number of nitrogens with two attached hydrogens (primary N) is 1. The molecule has 3 aromatic rings. The van der Waals surface area contributed by atoms with E-state index in [-0.39, 0.29) is 0 Å². The lowest BCUT2D eigenvalue weighted by Gasteiger charge is -2.22. The molecule has 0 atom stereocenters. The summed E-state index contributed by atoms with van der Waals surface area (Å²) in [7, 11) is 1.94. The van der Waals surface area contributed by atoms with Crippen molar-refractivity contribution >= 4 is 35.0 Å². The minimum absolute atomic E-state index is 0.565. The van der Waals surface area contributed by atoms with Gasteiger partial charge in [-0.05, 0) is 44.2 Å². The molecule has 0 fully saturated rings. The Bertz CT molecular complexity index is 978. The number of pyridine rings is 1. The van der Waals surface area contributed by atoms with Gasteiger partial charge in [-0.15, -0.1) is 0 Å². The van der Waals surface area contributed by atoms with Gasteiger partial charge in [0.2, 0.25) is 0 Å². The smallest absolute Gasteiger partial charge is 0.139 e. The lowest BCUT2D eigenvalue weighted by Crippen LogP contribution is -2.31. The van der Waals surface area contributed by atoms with E-state index >= 15 is 0 Å². The summed E-state index contributed by atoms with van der Waals surface area (Å²) < 4.78 is 2.01. The van der Waals surface area contributed by atoms with Gasteiger partial charge in [0.1, 0.15) is 11.5 Å². The Kier molecular flexibility index (Phi) is 5.68.